The zero-order chi connectivity index (χ0) is 17.7. The van der Waals surface area contributed by atoms with Crippen LogP contribution in [0.5, 0.6) is 0 Å². The molecule has 6 heteroatoms. The summed E-state index contributed by atoms with van der Waals surface area (Å²) >= 11 is 0. The molecule has 0 aromatic rings. The molecule has 0 N–H and O–H groups in total. The first kappa shape index (κ1) is 17.2. The van der Waals surface area contributed by atoms with Crippen molar-refractivity contribution in [2.45, 2.75) is 39.0 Å². The van der Waals surface area contributed by atoms with E-state index in [2.05, 4.69) is 6.92 Å². The minimum atomic E-state index is -1.29. The van der Waals surface area contributed by atoms with E-state index >= 15 is 0 Å². The van der Waals surface area contributed by atoms with Gasteiger partial charge in [-0.2, -0.15) is 0 Å². The lowest BCUT2D eigenvalue weighted by Crippen LogP contribution is -2.42. The summed E-state index contributed by atoms with van der Waals surface area (Å²) in [6.45, 7) is 2.20. The lowest BCUT2D eigenvalue weighted by atomic mass is 9.70. The van der Waals surface area contributed by atoms with Crippen LogP contribution < -0.4 is 0 Å². The quantitative estimate of drug-likeness (QED) is 0.445. The van der Waals surface area contributed by atoms with Crippen LogP contribution in [0.15, 0.2) is 0 Å². The van der Waals surface area contributed by atoms with E-state index in [0.717, 1.165) is 19.3 Å². The van der Waals surface area contributed by atoms with E-state index in [9.17, 15) is 14.4 Å². The number of fused-ring (bicyclic) bond motifs is 3. The van der Waals surface area contributed by atoms with Crippen molar-refractivity contribution in [2.24, 2.45) is 34.5 Å². The predicted molar refractivity (Wildman–Crippen MR) is 83.6 cm³/mol. The van der Waals surface area contributed by atoms with Crippen LogP contribution in [0.2, 0.25) is 0 Å². The van der Waals surface area contributed by atoms with Gasteiger partial charge in [-0.1, -0.05) is 13.3 Å². The molecule has 3 aliphatic rings. The van der Waals surface area contributed by atoms with Crippen LogP contribution >= 0.6 is 0 Å². The van der Waals surface area contributed by atoms with Crippen molar-refractivity contribution < 1.29 is 28.6 Å². The third-order valence-electron chi connectivity index (χ3n) is 7.11. The van der Waals surface area contributed by atoms with Crippen molar-refractivity contribution in [3.63, 3.8) is 0 Å². The molecule has 6 nitrogen and oxygen atoms in total. The summed E-state index contributed by atoms with van der Waals surface area (Å²) in [4.78, 5) is 37.4. The molecule has 0 unspecified atom stereocenters. The highest BCUT2D eigenvalue weighted by atomic mass is 16.5. The summed E-state index contributed by atoms with van der Waals surface area (Å²) in [5, 5.41) is 0. The highest BCUT2D eigenvalue weighted by Crippen LogP contribution is 2.70. The topological polar surface area (TPSA) is 78.9 Å². The molecule has 5 atom stereocenters. The molecule has 3 saturated carbocycles. The Kier molecular flexibility index (Phi) is 4.12. The summed E-state index contributed by atoms with van der Waals surface area (Å²) in [6, 6.07) is 0. The van der Waals surface area contributed by atoms with Gasteiger partial charge in [0.05, 0.1) is 27.2 Å². The smallest absolute Gasteiger partial charge is 0.323 e. The van der Waals surface area contributed by atoms with Gasteiger partial charge >= 0.3 is 17.9 Å². The second-order valence-electron chi connectivity index (χ2n) is 7.80. The molecule has 0 bridgehead atoms. The Hall–Kier alpha value is -1.59. The third kappa shape index (κ3) is 2.04. The number of methoxy groups -OCH3 is 3. The fourth-order valence-electron chi connectivity index (χ4n) is 6.10. The maximum absolute atomic E-state index is 12.5. The maximum atomic E-state index is 12.5. The Labute approximate surface area is 142 Å². The van der Waals surface area contributed by atoms with E-state index in [1.165, 1.54) is 21.3 Å². The van der Waals surface area contributed by atoms with E-state index in [0.29, 0.717) is 12.8 Å². The van der Waals surface area contributed by atoms with Crippen LogP contribution in [0.4, 0.5) is 0 Å². The standard InChI is InChI=1S/C18H26O6/c1-17-7-5-6-11(17)13(14(19)22-2)10-8-18(9-12(10)17,15(20)23-3)16(21)24-4/h10-13H,5-9H2,1-4H3/t10-,11+,12+,13+,17+/m0/s1. The summed E-state index contributed by atoms with van der Waals surface area (Å²) in [7, 11) is 3.99. The first-order valence-electron chi connectivity index (χ1n) is 8.60. The van der Waals surface area contributed by atoms with Crippen molar-refractivity contribution in [1.82, 2.24) is 0 Å². The third-order valence-corrected chi connectivity index (χ3v) is 7.11. The Morgan fingerprint density at radius 2 is 1.54 bits per heavy atom. The Bertz CT molecular complexity index is 554. The van der Waals surface area contributed by atoms with Gasteiger partial charge in [-0.3, -0.25) is 14.4 Å². The number of carbonyl (C=O) groups is 3. The molecule has 3 aliphatic carbocycles. The van der Waals surface area contributed by atoms with Crippen LogP contribution in [0.3, 0.4) is 0 Å². The van der Waals surface area contributed by atoms with E-state index in [1.54, 1.807) is 0 Å². The lowest BCUT2D eigenvalue weighted by Gasteiger charge is -2.34. The largest absolute Gasteiger partial charge is 0.469 e. The second-order valence-corrected chi connectivity index (χ2v) is 7.80. The van der Waals surface area contributed by atoms with Gasteiger partial charge in [0, 0.05) is 0 Å². The van der Waals surface area contributed by atoms with Crippen molar-refractivity contribution >= 4 is 17.9 Å². The first-order valence-corrected chi connectivity index (χ1v) is 8.60. The molecule has 3 fully saturated rings. The second kappa shape index (κ2) is 5.74. The normalized spacial score (nSPS) is 39.0. The van der Waals surface area contributed by atoms with Crippen LogP contribution in [-0.4, -0.2) is 39.2 Å². The molecular formula is C18H26O6. The van der Waals surface area contributed by atoms with E-state index in [4.69, 9.17) is 14.2 Å². The minimum absolute atomic E-state index is 0.0344. The van der Waals surface area contributed by atoms with E-state index in [-0.39, 0.29) is 35.1 Å². The number of carbonyl (C=O) groups excluding carboxylic acids is 3. The van der Waals surface area contributed by atoms with Gasteiger partial charge in [-0.05, 0) is 48.9 Å². The fraction of sp³-hybridized carbons (Fsp3) is 0.833. The van der Waals surface area contributed by atoms with Gasteiger partial charge in [0.1, 0.15) is 0 Å². The molecular weight excluding hydrogens is 312 g/mol. The monoisotopic (exact) mass is 338 g/mol. The molecule has 0 spiro atoms. The summed E-state index contributed by atoms with van der Waals surface area (Å²) in [5.41, 5.74) is -1.32. The van der Waals surface area contributed by atoms with Gasteiger partial charge in [-0.25, -0.2) is 0 Å². The average Bonchev–Trinajstić information content (AvgIpc) is 3.21. The zero-order valence-electron chi connectivity index (χ0n) is 14.8. The Morgan fingerprint density at radius 1 is 0.917 bits per heavy atom. The van der Waals surface area contributed by atoms with Crippen LogP contribution in [0.25, 0.3) is 0 Å². The molecule has 0 heterocycles. The highest BCUT2D eigenvalue weighted by molar-refractivity contribution is 6.00. The minimum Gasteiger partial charge on any atom is -0.469 e. The molecule has 0 aromatic carbocycles. The maximum Gasteiger partial charge on any atom is 0.323 e. The average molecular weight is 338 g/mol. The zero-order valence-corrected chi connectivity index (χ0v) is 14.8. The highest BCUT2D eigenvalue weighted by Gasteiger charge is 2.70. The number of rotatable bonds is 3. The van der Waals surface area contributed by atoms with Crippen LogP contribution in [0, 0.1) is 34.5 Å². The summed E-state index contributed by atoms with van der Waals surface area (Å²) in [6.07, 6.45) is 3.80. The Morgan fingerprint density at radius 3 is 2.08 bits per heavy atom. The van der Waals surface area contributed by atoms with Crippen LogP contribution in [0.1, 0.15) is 39.0 Å². The van der Waals surface area contributed by atoms with Gasteiger partial charge in [0.15, 0.2) is 5.41 Å². The number of hydrogen-bond donors (Lipinski definition) is 0. The van der Waals surface area contributed by atoms with Gasteiger partial charge in [-0.15, -0.1) is 0 Å². The van der Waals surface area contributed by atoms with Crippen LogP contribution in [-0.2, 0) is 28.6 Å². The SMILES string of the molecule is COC(=O)[C@@H]1[C@H]2CC(C(=O)OC)(C(=O)OC)C[C@H]2[C@]2(C)CCC[C@H]12. The summed E-state index contributed by atoms with van der Waals surface area (Å²) in [5.74, 6) is -1.20. The molecule has 0 radical (unpaired) electrons. The lowest BCUT2D eigenvalue weighted by molar-refractivity contribution is -0.170. The molecule has 0 aromatic heterocycles. The van der Waals surface area contributed by atoms with Gasteiger partial charge in [0.25, 0.3) is 0 Å². The molecule has 3 rings (SSSR count). The van der Waals surface area contributed by atoms with Crippen molar-refractivity contribution in [3.8, 4) is 0 Å². The number of esters is 3. The molecule has 0 aliphatic heterocycles. The van der Waals surface area contributed by atoms with Crippen molar-refractivity contribution in [2.75, 3.05) is 21.3 Å². The van der Waals surface area contributed by atoms with E-state index in [1.807, 2.05) is 0 Å². The van der Waals surface area contributed by atoms with E-state index < -0.39 is 17.4 Å². The fourth-order valence-corrected chi connectivity index (χ4v) is 6.10. The van der Waals surface area contributed by atoms with Gasteiger partial charge < -0.3 is 14.2 Å². The molecule has 24 heavy (non-hydrogen) atoms. The molecule has 0 amide bonds. The first-order chi connectivity index (χ1) is 11.4. The van der Waals surface area contributed by atoms with Gasteiger partial charge in [0.2, 0.25) is 0 Å². The predicted octanol–water partition coefficient (Wildman–Crippen LogP) is 1.95. The summed E-state index contributed by atoms with van der Waals surface area (Å²) < 4.78 is 14.9. The Balaban J connectivity index is 2.02. The van der Waals surface area contributed by atoms with Crippen molar-refractivity contribution in [1.29, 1.82) is 0 Å². The number of hydrogen-bond acceptors (Lipinski definition) is 6. The number of ether oxygens (including phenoxy) is 3. The van der Waals surface area contributed by atoms with Crippen molar-refractivity contribution in [3.05, 3.63) is 0 Å². The molecule has 0 saturated heterocycles. The molecule has 134 valence electrons.